The number of nitrogen functional groups attached to an aromatic ring is 1. The second-order valence-corrected chi connectivity index (χ2v) is 6.75. The van der Waals surface area contributed by atoms with Crippen molar-refractivity contribution in [1.82, 2.24) is 4.90 Å². The topological polar surface area (TPSA) is 66.6 Å². The van der Waals surface area contributed by atoms with Crippen molar-refractivity contribution in [2.75, 3.05) is 19.4 Å². The van der Waals surface area contributed by atoms with Crippen LogP contribution in [0.1, 0.15) is 23.5 Å². The van der Waals surface area contributed by atoms with E-state index in [0.717, 1.165) is 10.1 Å². The van der Waals surface area contributed by atoms with E-state index in [2.05, 4.69) is 0 Å². The molecule has 0 aliphatic carbocycles. The summed E-state index contributed by atoms with van der Waals surface area (Å²) in [4.78, 5) is 14.5. The maximum atomic E-state index is 12.6. The number of carbonyl (C=O) groups excluding carboxylic acids is 1. The number of anilines is 1. The zero-order valence-corrected chi connectivity index (χ0v) is 13.2. The average molecular weight is 313 g/mol. The minimum Gasteiger partial charge on any atom is -0.397 e. The highest BCUT2D eigenvalue weighted by Gasteiger charge is 2.30. The fraction of sp³-hybridized carbons (Fsp3) is 0.357. The second kappa shape index (κ2) is 5.24. The molecule has 0 atom stereocenters. The average Bonchev–Trinajstić information content (AvgIpc) is 2.75. The van der Waals surface area contributed by atoms with Gasteiger partial charge in [-0.2, -0.15) is 0 Å². The van der Waals surface area contributed by atoms with Crippen molar-refractivity contribution >= 4 is 44.6 Å². The van der Waals surface area contributed by atoms with E-state index >= 15 is 0 Å². The third-order valence-corrected chi connectivity index (χ3v) is 4.97. The number of benzene rings is 1. The zero-order chi connectivity index (χ0) is 15.1. The van der Waals surface area contributed by atoms with Crippen LogP contribution in [0, 0.1) is 0 Å². The largest absolute Gasteiger partial charge is 0.397 e. The normalized spacial score (nSPS) is 11.8. The highest BCUT2D eigenvalue weighted by atomic mass is 35.5. The number of amides is 1. The molecule has 1 aromatic carbocycles. The van der Waals surface area contributed by atoms with E-state index < -0.39 is 5.54 Å². The van der Waals surface area contributed by atoms with Crippen molar-refractivity contribution in [3.05, 3.63) is 28.1 Å². The summed E-state index contributed by atoms with van der Waals surface area (Å²) in [5, 5.41) is 10.6. The van der Waals surface area contributed by atoms with Crippen LogP contribution in [-0.4, -0.2) is 35.1 Å². The van der Waals surface area contributed by atoms with E-state index in [1.165, 1.54) is 16.2 Å². The van der Waals surface area contributed by atoms with Gasteiger partial charge in [-0.15, -0.1) is 11.3 Å². The summed E-state index contributed by atoms with van der Waals surface area (Å²) in [5.74, 6) is -0.209. The van der Waals surface area contributed by atoms with Gasteiger partial charge in [0.05, 0.1) is 22.9 Å². The first-order valence-corrected chi connectivity index (χ1v) is 7.34. The van der Waals surface area contributed by atoms with Crippen LogP contribution in [0.2, 0.25) is 5.02 Å². The number of thiophene rings is 1. The molecule has 1 heterocycles. The van der Waals surface area contributed by atoms with E-state index in [4.69, 9.17) is 17.3 Å². The molecule has 20 heavy (non-hydrogen) atoms. The molecule has 108 valence electrons. The maximum Gasteiger partial charge on any atom is 0.266 e. The van der Waals surface area contributed by atoms with Crippen LogP contribution in [0.5, 0.6) is 0 Å². The summed E-state index contributed by atoms with van der Waals surface area (Å²) in [6, 6.07) is 5.47. The second-order valence-electron chi connectivity index (χ2n) is 5.29. The molecule has 2 rings (SSSR count). The van der Waals surface area contributed by atoms with Gasteiger partial charge in [-0.1, -0.05) is 17.7 Å². The molecule has 3 N–H and O–H groups in total. The Morgan fingerprint density at radius 3 is 2.70 bits per heavy atom. The first kappa shape index (κ1) is 15.1. The van der Waals surface area contributed by atoms with E-state index in [1.54, 1.807) is 27.0 Å². The number of nitrogens with zero attached hydrogens (tertiary/aromatic N) is 1. The molecule has 4 nitrogen and oxygen atoms in total. The van der Waals surface area contributed by atoms with Crippen molar-refractivity contribution in [2.24, 2.45) is 0 Å². The van der Waals surface area contributed by atoms with E-state index in [0.29, 0.717) is 15.6 Å². The smallest absolute Gasteiger partial charge is 0.266 e. The lowest BCUT2D eigenvalue weighted by Crippen LogP contribution is -2.47. The predicted octanol–water partition coefficient (Wildman–Crippen LogP) is 2.98. The lowest BCUT2D eigenvalue weighted by atomic mass is 10.0. The Balaban J connectivity index is 2.51. The fourth-order valence-corrected chi connectivity index (χ4v) is 3.28. The van der Waals surface area contributed by atoms with Crippen molar-refractivity contribution < 1.29 is 9.90 Å². The van der Waals surface area contributed by atoms with Crippen LogP contribution in [0.3, 0.4) is 0 Å². The Hall–Kier alpha value is -1.30. The minimum atomic E-state index is -0.649. The molecule has 0 unspecified atom stereocenters. The zero-order valence-electron chi connectivity index (χ0n) is 11.6. The summed E-state index contributed by atoms with van der Waals surface area (Å²) in [5.41, 5.74) is 5.83. The summed E-state index contributed by atoms with van der Waals surface area (Å²) < 4.78 is 0.883. The number of nitrogens with two attached hydrogens (primary N) is 1. The molecular formula is C14H17ClN2O2S. The number of halogens is 1. The monoisotopic (exact) mass is 312 g/mol. The third kappa shape index (κ3) is 2.37. The fourth-order valence-electron chi connectivity index (χ4n) is 1.82. The van der Waals surface area contributed by atoms with Crippen LogP contribution in [0.4, 0.5) is 5.69 Å². The number of likely N-dealkylation sites (N-methyl/N-ethyl adjacent to an activating group) is 1. The molecule has 0 spiro atoms. The Bertz CT molecular complexity index is 666. The SMILES string of the molecule is CN(C(=O)c1sc2cccc(Cl)c2c1N)C(C)(C)CO. The van der Waals surface area contributed by atoms with Crippen LogP contribution < -0.4 is 5.73 Å². The van der Waals surface area contributed by atoms with Crippen molar-refractivity contribution in [3.63, 3.8) is 0 Å². The number of hydrogen-bond acceptors (Lipinski definition) is 4. The standard InChI is InChI=1S/C14H17ClN2O2S/c1-14(2,7-18)17(3)13(19)12-11(16)10-8(15)5-4-6-9(10)20-12/h4-6,18H,7,16H2,1-3H3. The molecular weight excluding hydrogens is 296 g/mol. The number of fused-ring (bicyclic) bond motifs is 1. The van der Waals surface area contributed by atoms with Crippen molar-refractivity contribution in [3.8, 4) is 0 Å². The first-order valence-electron chi connectivity index (χ1n) is 6.15. The van der Waals surface area contributed by atoms with Gasteiger partial charge < -0.3 is 15.7 Å². The molecule has 1 amide bonds. The summed E-state index contributed by atoms with van der Waals surface area (Å²) in [7, 11) is 1.66. The Morgan fingerprint density at radius 2 is 2.15 bits per heavy atom. The minimum absolute atomic E-state index is 0.124. The number of rotatable bonds is 3. The highest BCUT2D eigenvalue weighted by molar-refractivity contribution is 7.21. The van der Waals surface area contributed by atoms with Gasteiger partial charge in [0.2, 0.25) is 0 Å². The molecule has 0 bridgehead atoms. The number of aliphatic hydroxyl groups excluding tert-OH is 1. The van der Waals surface area contributed by atoms with Gasteiger partial charge >= 0.3 is 0 Å². The van der Waals surface area contributed by atoms with Crippen LogP contribution in [-0.2, 0) is 0 Å². The Morgan fingerprint density at radius 1 is 1.50 bits per heavy atom. The van der Waals surface area contributed by atoms with E-state index in [9.17, 15) is 9.90 Å². The summed E-state index contributed by atoms with van der Waals surface area (Å²) in [6.07, 6.45) is 0. The molecule has 0 aliphatic rings. The predicted molar refractivity (Wildman–Crippen MR) is 84.5 cm³/mol. The first-order chi connectivity index (χ1) is 9.29. The number of hydrogen-bond donors (Lipinski definition) is 2. The molecule has 6 heteroatoms. The van der Waals surface area contributed by atoms with Crippen molar-refractivity contribution in [2.45, 2.75) is 19.4 Å². The molecule has 2 aromatic rings. The molecule has 0 saturated heterocycles. The summed E-state index contributed by atoms with van der Waals surface area (Å²) >= 11 is 7.46. The van der Waals surface area contributed by atoms with Gasteiger partial charge in [-0.3, -0.25) is 4.79 Å². The van der Waals surface area contributed by atoms with Crippen LogP contribution in [0.25, 0.3) is 10.1 Å². The van der Waals surface area contributed by atoms with Gasteiger partial charge in [0.15, 0.2) is 0 Å². The van der Waals surface area contributed by atoms with Gasteiger partial charge in [-0.05, 0) is 26.0 Å². The molecule has 0 radical (unpaired) electrons. The van der Waals surface area contributed by atoms with Gasteiger partial charge in [0.25, 0.3) is 5.91 Å². The van der Waals surface area contributed by atoms with E-state index in [1.807, 2.05) is 12.1 Å². The molecule has 0 fully saturated rings. The highest BCUT2D eigenvalue weighted by Crippen LogP contribution is 2.39. The van der Waals surface area contributed by atoms with Crippen molar-refractivity contribution in [1.29, 1.82) is 0 Å². The van der Waals surface area contributed by atoms with Gasteiger partial charge in [0.1, 0.15) is 4.88 Å². The molecule has 1 aromatic heterocycles. The molecule has 0 aliphatic heterocycles. The molecule has 0 saturated carbocycles. The Labute approximate surface area is 126 Å². The van der Waals surface area contributed by atoms with Gasteiger partial charge in [-0.25, -0.2) is 0 Å². The summed E-state index contributed by atoms with van der Waals surface area (Å²) in [6.45, 7) is 3.46. The van der Waals surface area contributed by atoms with E-state index in [-0.39, 0.29) is 12.5 Å². The van der Waals surface area contributed by atoms with Crippen LogP contribution in [0.15, 0.2) is 18.2 Å². The number of carbonyl (C=O) groups is 1. The third-order valence-electron chi connectivity index (χ3n) is 3.50. The lowest BCUT2D eigenvalue weighted by Gasteiger charge is -2.33. The Kier molecular flexibility index (Phi) is 3.95. The maximum absolute atomic E-state index is 12.6. The number of aliphatic hydroxyl groups is 1. The quantitative estimate of drug-likeness (QED) is 0.915. The van der Waals surface area contributed by atoms with Gasteiger partial charge in [0, 0.05) is 17.1 Å². The van der Waals surface area contributed by atoms with Crippen LogP contribution >= 0.6 is 22.9 Å². The lowest BCUT2D eigenvalue weighted by molar-refractivity contribution is 0.0479.